The van der Waals surface area contributed by atoms with Crippen LogP contribution in [-0.2, 0) is 17.8 Å². The second-order valence-corrected chi connectivity index (χ2v) is 9.68. The van der Waals surface area contributed by atoms with Gasteiger partial charge < -0.3 is 14.6 Å². The Morgan fingerprint density at radius 1 is 0.971 bits per heavy atom. The number of hydrogen-bond donors (Lipinski definition) is 1. The molecule has 0 bridgehead atoms. The number of carboxylic acid groups (broad SMARTS) is 1. The van der Waals surface area contributed by atoms with E-state index in [0.29, 0.717) is 30.1 Å². The largest absolute Gasteiger partial charge is 0.497 e. The molecule has 0 aliphatic rings. The minimum Gasteiger partial charge on any atom is -0.497 e. The maximum absolute atomic E-state index is 14.8. The molecule has 34 heavy (non-hydrogen) atoms. The lowest BCUT2D eigenvalue weighted by Crippen LogP contribution is -2.16. The van der Waals surface area contributed by atoms with Crippen LogP contribution in [0.5, 0.6) is 11.5 Å². The van der Waals surface area contributed by atoms with Crippen LogP contribution in [0.2, 0.25) is 0 Å². The standard InChI is InChI=1S/C29H33FO4/c1-19(29(2,3)4)25-16-21(9-12-24(25)26-17-22(33-5)11-13-27(26)30)18-34-23-8-6-7-20(15-23)10-14-28(31)32/h6-9,11-13,15-17,19H,10,14,18H2,1-5H3,(H,31,32). The van der Waals surface area contributed by atoms with Gasteiger partial charge in [-0.1, -0.05) is 58.0 Å². The van der Waals surface area contributed by atoms with E-state index in [2.05, 4.69) is 33.8 Å². The van der Waals surface area contributed by atoms with Gasteiger partial charge in [-0.25, -0.2) is 4.39 Å². The average Bonchev–Trinajstić information content (AvgIpc) is 2.81. The molecule has 0 saturated carbocycles. The van der Waals surface area contributed by atoms with Crippen molar-refractivity contribution in [1.82, 2.24) is 0 Å². The molecule has 3 aromatic carbocycles. The number of carboxylic acids is 1. The summed E-state index contributed by atoms with van der Waals surface area (Å²) in [4.78, 5) is 10.9. The molecule has 180 valence electrons. The first-order valence-electron chi connectivity index (χ1n) is 11.5. The van der Waals surface area contributed by atoms with Crippen molar-refractivity contribution < 1.29 is 23.8 Å². The highest BCUT2D eigenvalue weighted by molar-refractivity contribution is 5.71. The molecule has 3 aromatic rings. The van der Waals surface area contributed by atoms with Gasteiger partial charge in [0.15, 0.2) is 0 Å². The van der Waals surface area contributed by atoms with Gasteiger partial charge in [0.2, 0.25) is 0 Å². The number of halogens is 1. The Bertz CT molecular complexity index is 1150. The van der Waals surface area contributed by atoms with Crippen molar-refractivity contribution in [2.75, 3.05) is 7.11 Å². The molecule has 0 saturated heterocycles. The van der Waals surface area contributed by atoms with Crippen LogP contribution >= 0.6 is 0 Å². The van der Waals surface area contributed by atoms with Crippen LogP contribution in [0.15, 0.2) is 60.7 Å². The number of carbonyl (C=O) groups is 1. The Kier molecular flexibility index (Phi) is 7.98. The summed E-state index contributed by atoms with van der Waals surface area (Å²) in [6, 6.07) is 18.3. The van der Waals surface area contributed by atoms with Crippen LogP contribution in [0, 0.1) is 11.2 Å². The van der Waals surface area contributed by atoms with Gasteiger partial charge in [0, 0.05) is 12.0 Å². The zero-order valence-electron chi connectivity index (χ0n) is 20.5. The smallest absolute Gasteiger partial charge is 0.303 e. The maximum atomic E-state index is 14.8. The lowest BCUT2D eigenvalue weighted by molar-refractivity contribution is -0.136. The molecule has 0 fully saturated rings. The van der Waals surface area contributed by atoms with E-state index in [1.807, 2.05) is 36.4 Å². The van der Waals surface area contributed by atoms with Crippen molar-refractivity contribution in [1.29, 1.82) is 0 Å². The van der Waals surface area contributed by atoms with E-state index in [4.69, 9.17) is 14.6 Å². The molecule has 0 amide bonds. The second kappa shape index (κ2) is 10.7. The fourth-order valence-electron chi connectivity index (χ4n) is 3.82. The van der Waals surface area contributed by atoms with Gasteiger partial charge in [-0.3, -0.25) is 4.79 Å². The first kappa shape index (κ1) is 25.3. The van der Waals surface area contributed by atoms with E-state index >= 15 is 0 Å². The Balaban J connectivity index is 1.91. The predicted molar refractivity (Wildman–Crippen MR) is 133 cm³/mol. The quantitative estimate of drug-likeness (QED) is 0.362. The molecule has 4 nitrogen and oxygen atoms in total. The third kappa shape index (κ3) is 6.37. The number of methoxy groups -OCH3 is 1. The zero-order chi connectivity index (χ0) is 24.9. The van der Waals surface area contributed by atoms with Crippen molar-refractivity contribution in [2.24, 2.45) is 5.41 Å². The minimum atomic E-state index is -0.820. The summed E-state index contributed by atoms with van der Waals surface area (Å²) in [6.45, 7) is 9.04. The van der Waals surface area contributed by atoms with Crippen LogP contribution in [0.3, 0.4) is 0 Å². The van der Waals surface area contributed by atoms with Crippen LogP contribution in [0.1, 0.15) is 56.7 Å². The third-order valence-corrected chi connectivity index (χ3v) is 6.28. The molecule has 0 heterocycles. The summed E-state index contributed by atoms with van der Waals surface area (Å²) in [5.74, 6) is 0.356. The van der Waals surface area contributed by atoms with Gasteiger partial charge in [-0.05, 0) is 70.3 Å². The fourth-order valence-corrected chi connectivity index (χ4v) is 3.82. The highest BCUT2D eigenvalue weighted by atomic mass is 19.1. The van der Waals surface area contributed by atoms with Crippen LogP contribution < -0.4 is 9.47 Å². The van der Waals surface area contributed by atoms with Gasteiger partial charge in [-0.2, -0.15) is 0 Å². The van der Waals surface area contributed by atoms with Crippen molar-refractivity contribution in [3.05, 3.63) is 83.2 Å². The van der Waals surface area contributed by atoms with E-state index in [9.17, 15) is 9.18 Å². The van der Waals surface area contributed by atoms with Gasteiger partial charge in [0.1, 0.15) is 23.9 Å². The number of hydrogen-bond acceptors (Lipinski definition) is 3. The van der Waals surface area contributed by atoms with E-state index in [-0.39, 0.29) is 23.6 Å². The zero-order valence-corrected chi connectivity index (χ0v) is 20.5. The molecule has 1 atom stereocenters. The molecule has 0 aliphatic carbocycles. The average molecular weight is 465 g/mol. The van der Waals surface area contributed by atoms with E-state index in [1.165, 1.54) is 6.07 Å². The lowest BCUT2D eigenvalue weighted by atomic mass is 9.75. The molecular weight excluding hydrogens is 431 g/mol. The van der Waals surface area contributed by atoms with Crippen molar-refractivity contribution in [3.8, 4) is 22.6 Å². The van der Waals surface area contributed by atoms with Gasteiger partial charge in [0.25, 0.3) is 0 Å². The number of ether oxygens (including phenoxy) is 2. The normalized spacial score (nSPS) is 12.3. The topological polar surface area (TPSA) is 55.8 Å². The molecular formula is C29H33FO4. The van der Waals surface area contributed by atoms with E-state index in [1.54, 1.807) is 19.2 Å². The SMILES string of the molecule is COc1ccc(F)c(-c2ccc(COc3cccc(CCC(=O)O)c3)cc2C(C)C(C)(C)C)c1. The fraction of sp³-hybridized carbons (Fsp3) is 0.345. The monoisotopic (exact) mass is 464 g/mol. The molecule has 0 aliphatic heterocycles. The Labute approximate surface area is 201 Å². The maximum Gasteiger partial charge on any atom is 0.303 e. The molecule has 0 radical (unpaired) electrons. The number of aryl methyl sites for hydroxylation is 1. The highest BCUT2D eigenvalue weighted by Gasteiger charge is 2.25. The van der Waals surface area contributed by atoms with Crippen LogP contribution in [0.4, 0.5) is 4.39 Å². The first-order valence-corrected chi connectivity index (χ1v) is 11.5. The third-order valence-electron chi connectivity index (χ3n) is 6.28. The number of benzene rings is 3. The molecule has 1 N–H and O–H groups in total. The molecule has 0 aromatic heterocycles. The minimum absolute atomic E-state index is 0.0257. The van der Waals surface area contributed by atoms with E-state index < -0.39 is 5.97 Å². The lowest BCUT2D eigenvalue weighted by Gasteiger charge is -2.30. The summed E-state index contributed by atoms with van der Waals surface area (Å²) in [7, 11) is 1.58. The Morgan fingerprint density at radius 2 is 1.74 bits per heavy atom. The van der Waals surface area contributed by atoms with Gasteiger partial charge >= 0.3 is 5.97 Å². The summed E-state index contributed by atoms with van der Waals surface area (Å²) in [5, 5.41) is 8.91. The summed E-state index contributed by atoms with van der Waals surface area (Å²) >= 11 is 0. The van der Waals surface area contributed by atoms with Crippen molar-refractivity contribution in [2.45, 2.75) is 53.1 Å². The summed E-state index contributed by atoms with van der Waals surface area (Å²) < 4.78 is 26.2. The Morgan fingerprint density at radius 3 is 2.41 bits per heavy atom. The number of rotatable bonds is 9. The van der Waals surface area contributed by atoms with Crippen LogP contribution in [0.25, 0.3) is 11.1 Å². The molecule has 3 rings (SSSR count). The molecule has 0 spiro atoms. The van der Waals surface area contributed by atoms with Gasteiger partial charge in [-0.15, -0.1) is 0 Å². The second-order valence-electron chi connectivity index (χ2n) is 9.68. The predicted octanol–water partition coefficient (Wildman–Crippen LogP) is 7.25. The molecule has 5 heteroatoms. The van der Waals surface area contributed by atoms with Crippen LogP contribution in [-0.4, -0.2) is 18.2 Å². The summed E-state index contributed by atoms with van der Waals surface area (Å²) in [5.41, 5.74) is 4.29. The van der Waals surface area contributed by atoms with Crippen molar-refractivity contribution >= 4 is 5.97 Å². The molecule has 1 unspecified atom stereocenters. The summed E-state index contributed by atoms with van der Waals surface area (Å²) in [6.07, 6.45) is 0.542. The van der Waals surface area contributed by atoms with Crippen molar-refractivity contribution in [3.63, 3.8) is 0 Å². The van der Waals surface area contributed by atoms with E-state index in [0.717, 1.165) is 22.3 Å². The van der Waals surface area contributed by atoms with Gasteiger partial charge in [0.05, 0.1) is 7.11 Å². The Hall–Kier alpha value is -3.34. The highest BCUT2D eigenvalue weighted by Crippen LogP contribution is 2.41. The first-order chi connectivity index (χ1) is 16.1. The number of aliphatic carboxylic acids is 1.